The van der Waals surface area contributed by atoms with Crippen LogP contribution in [0.2, 0.25) is 0 Å². The van der Waals surface area contributed by atoms with E-state index in [2.05, 4.69) is 53.6 Å². The summed E-state index contributed by atoms with van der Waals surface area (Å²) in [5.41, 5.74) is 2.61. The fourth-order valence-corrected chi connectivity index (χ4v) is 7.36. The number of benzene rings is 1. The summed E-state index contributed by atoms with van der Waals surface area (Å²) < 4.78 is 4.90. The molecule has 5 aromatic rings. The minimum atomic E-state index is 0.100. The molecule has 0 amide bonds. The minimum Gasteiger partial charge on any atom is -0.303 e. The Kier molecular flexibility index (Phi) is 5.59. The number of aryl methyl sites for hydroxylation is 2. The van der Waals surface area contributed by atoms with Crippen LogP contribution in [0.25, 0.3) is 20.3 Å². The van der Waals surface area contributed by atoms with Gasteiger partial charge in [-0.3, -0.25) is 14.0 Å². The fourth-order valence-electron chi connectivity index (χ4n) is 5.04. The summed E-state index contributed by atoms with van der Waals surface area (Å²) >= 11 is 3.46. The molecule has 1 atom stereocenters. The first kappa shape index (κ1) is 21.7. The van der Waals surface area contributed by atoms with Crippen LogP contribution in [0.1, 0.15) is 27.3 Å². The van der Waals surface area contributed by atoms with Gasteiger partial charge in [-0.2, -0.15) is 5.10 Å². The Balaban J connectivity index is 1.22. The normalized spacial score (nSPS) is 16.0. The molecule has 0 radical (unpaired) electrons. The van der Waals surface area contributed by atoms with Crippen molar-refractivity contribution >= 4 is 43.0 Å². The summed E-state index contributed by atoms with van der Waals surface area (Å²) in [6, 6.07) is 11.1. The Morgan fingerprint density at radius 2 is 2.12 bits per heavy atom. The lowest BCUT2D eigenvalue weighted by atomic mass is 9.92. The number of hydrogen-bond donors (Lipinski definition) is 0. The highest BCUT2D eigenvalue weighted by atomic mass is 32.1. The lowest BCUT2D eigenvalue weighted by Gasteiger charge is -2.31. The molecule has 6 nitrogen and oxygen atoms in total. The van der Waals surface area contributed by atoms with Crippen LogP contribution < -0.4 is 5.56 Å². The highest BCUT2D eigenvalue weighted by Gasteiger charge is 2.27. The van der Waals surface area contributed by atoms with Crippen molar-refractivity contribution in [3.05, 3.63) is 80.3 Å². The Labute approximate surface area is 206 Å². The van der Waals surface area contributed by atoms with Crippen LogP contribution in [-0.2, 0) is 32.9 Å². The van der Waals surface area contributed by atoms with Crippen molar-refractivity contribution in [2.24, 2.45) is 7.05 Å². The van der Waals surface area contributed by atoms with E-state index in [-0.39, 0.29) is 5.56 Å². The molecule has 4 aromatic heterocycles. The first-order valence-electron chi connectivity index (χ1n) is 11.7. The molecule has 0 saturated heterocycles. The van der Waals surface area contributed by atoms with E-state index in [1.165, 1.54) is 31.0 Å². The Hall–Kier alpha value is -2.81. The molecule has 0 bridgehead atoms. The average molecular weight is 490 g/mol. The highest BCUT2D eigenvalue weighted by Crippen LogP contribution is 2.35. The zero-order chi connectivity index (χ0) is 23.2. The Morgan fingerprint density at radius 3 is 2.94 bits per heavy atom. The van der Waals surface area contributed by atoms with Gasteiger partial charge in [0.05, 0.1) is 24.5 Å². The van der Waals surface area contributed by atoms with Crippen LogP contribution >= 0.6 is 22.7 Å². The van der Waals surface area contributed by atoms with Crippen LogP contribution in [0.4, 0.5) is 0 Å². The van der Waals surface area contributed by atoms with Crippen molar-refractivity contribution < 1.29 is 0 Å². The van der Waals surface area contributed by atoms with Crippen LogP contribution in [0.3, 0.4) is 0 Å². The third-order valence-corrected chi connectivity index (χ3v) is 9.21. The van der Waals surface area contributed by atoms with E-state index in [0.717, 1.165) is 42.4 Å². The standard InChI is InChI=1S/C26H27N5OS2/c1-29(10-9-17-13-28-30(2)14-17)19-7-8-21-23(12-19)34-25-24(21)26(32)31(16-27-25)15-20-11-18-5-3-4-6-22(18)33-20/h3-6,11,13-14,16,19H,7-10,12,15H2,1-2H3. The van der Waals surface area contributed by atoms with Crippen molar-refractivity contribution in [1.82, 2.24) is 24.2 Å². The van der Waals surface area contributed by atoms with Gasteiger partial charge in [0.2, 0.25) is 0 Å². The molecule has 1 aliphatic rings. The second-order valence-electron chi connectivity index (χ2n) is 9.26. The van der Waals surface area contributed by atoms with E-state index in [9.17, 15) is 4.79 Å². The lowest BCUT2D eigenvalue weighted by Crippen LogP contribution is -2.37. The molecule has 8 heteroatoms. The van der Waals surface area contributed by atoms with Gasteiger partial charge in [0.15, 0.2) is 0 Å². The molecule has 174 valence electrons. The van der Waals surface area contributed by atoms with Crippen molar-refractivity contribution in [2.45, 2.75) is 38.3 Å². The topological polar surface area (TPSA) is 56.0 Å². The van der Waals surface area contributed by atoms with Crippen LogP contribution in [0, 0.1) is 0 Å². The van der Waals surface area contributed by atoms with E-state index in [1.54, 1.807) is 33.6 Å². The van der Waals surface area contributed by atoms with Crippen molar-refractivity contribution in [2.75, 3.05) is 13.6 Å². The summed E-state index contributed by atoms with van der Waals surface area (Å²) in [4.78, 5) is 24.1. The Bertz CT molecular complexity index is 1510. The van der Waals surface area contributed by atoms with E-state index >= 15 is 0 Å². The van der Waals surface area contributed by atoms with Gasteiger partial charge in [0.25, 0.3) is 5.56 Å². The van der Waals surface area contributed by atoms with Gasteiger partial charge < -0.3 is 4.90 Å². The van der Waals surface area contributed by atoms with Gasteiger partial charge >= 0.3 is 0 Å². The van der Waals surface area contributed by atoms with E-state index < -0.39 is 0 Å². The number of rotatable bonds is 6. The molecule has 0 fully saturated rings. The molecule has 34 heavy (non-hydrogen) atoms. The molecule has 6 rings (SSSR count). The summed E-state index contributed by atoms with van der Waals surface area (Å²) in [5.74, 6) is 0. The molecular weight excluding hydrogens is 462 g/mol. The summed E-state index contributed by atoms with van der Waals surface area (Å²) in [6.45, 7) is 1.59. The molecule has 0 N–H and O–H groups in total. The SMILES string of the molecule is CN(CCc1cnn(C)c1)C1CCc2c(sc3ncn(Cc4cc5ccccc5s4)c(=O)c23)C1. The van der Waals surface area contributed by atoms with Crippen LogP contribution in [-0.4, -0.2) is 43.9 Å². The van der Waals surface area contributed by atoms with Crippen molar-refractivity contribution in [1.29, 1.82) is 0 Å². The largest absolute Gasteiger partial charge is 0.303 e. The van der Waals surface area contributed by atoms with E-state index in [0.29, 0.717) is 12.6 Å². The van der Waals surface area contributed by atoms with Gasteiger partial charge in [-0.1, -0.05) is 18.2 Å². The number of thiophene rings is 2. The van der Waals surface area contributed by atoms with E-state index in [4.69, 9.17) is 4.98 Å². The molecule has 1 aliphatic carbocycles. The quantitative estimate of drug-likeness (QED) is 0.353. The number of nitrogens with zero attached hydrogens (tertiary/aromatic N) is 5. The molecule has 1 unspecified atom stereocenters. The molecular formula is C26H27N5OS2. The number of aromatic nitrogens is 4. The van der Waals surface area contributed by atoms with Crippen LogP contribution in [0.5, 0.6) is 0 Å². The van der Waals surface area contributed by atoms with Gasteiger partial charge in [-0.05, 0) is 61.4 Å². The van der Waals surface area contributed by atoms with Gasteiger partial charge in [-0.25, -0.2) is 4.98 Å². The number of fused-ring (bicyclic) bond motifs is 4. The fraction of sp³-hybridized carbons (Fsp3) is 0.346. The average Bonchev–Trinajstić information content (AvgIpc) is 3.54. The molecule has 0 aliphatic heterocycles. The van der Waals surface area contributed by atoms with Crippen molar-refractivity contribution in [3.63, 3.8) is 0 Å². The zero-order valence-corrected chi connectivity index (χ0v) is 21.0. The third-order valence-electron chi connectivity index (χ3n) is 6.95. The second kappa shape index (κ2) is 8.76. The van der Waals surface area contributed by atoms with Crippen molar-refractivity contribution in [3.8, 4) is 0 Å². The Morgan fingerprint density at radius 1 is 1.24 bits per heavy atom. The van der Waals surface area contributed by atoms with Gasteiger partial charge in [-0.15, -0.1) is 22.7 Å². The smallest absolute Gasteiger partial charge is 0.262 e. The molecule has 0 spiro atoms. The monoisotopic (exact) mass is 489 g/mol. The maximum Gasteiger partial charge on any atom is 0.262 e. The third kappa shape index (κ3) is 4.00. The summed E-state index contributed by atoms with van der Waals surface area (Å²) in [5, 5.41) is 6.36. The lowest BCUT2D eigenvalue weighted by molar-refractivity contribution is 0.226. The van der Waals surface area contributed by atoms with E-state index in [1.807, 2.05) is 17.9 Å². The van der Waals surface area contributed by atoms with Crippen LogP contribution in [0.15, 0.2) is 53.8 Å². The maximum absolute atomic E-state index is 13.5. The second-order valence-corrected chi connectivity index (χ2v) is 11.5. The first-order valence-corrected chi connectivity index (χ1v) is 13.3. The molecule has 4 heterocycles. The predicted molar refractivity (Wildman–Crippen MR) is 140 cm³/mol. The first-order chi connectivity index (χ1) is 16.5. The maximum atomic E-state index is 13.5. The van der Waals surface area contributed by atoms with Gasteiger partial charge in [0, 0.05) is 40.3 Å². The number of hydrogen-bond acceptors (Lipinski definition) is 6. The zero-order valence-electron chi connectivity index (χ0n) is 19.4. The number of likely N-dealkylation sites (N-methyl/N-ethyl adjacent to an activating group) is 1. The molecule has 0 saturated carbocycles. The highest BCUT2D eigenvalue weighted by molar-refractivity contribution is 7.19. The molecule has 1 aromatic carbocycles. The van der Waals surface area contributed by atoms with Gasteiger partial charge in [0.1, 0.15) is 4.83 Å². The summed E-state index contributed by atoms with van der Waals surface area (Å²) in [6.07, 6.45) is 9.80. The minimum absolute atomic E-state index is 0.100. The predicted octanol–water partition coefficient (Wildman–Crippen LogP) is 4.49. The summed E-state index contributed by atoms with van der Waals surface area (Å²) in [7, 11) is 4.18.